The van der Waals surface area contributed by atoms with Crippen molar-refractivity contribution in [2.75, 3.05) is 10.6 Å². The summed E-state index contributed by atoms with van der Waals surface area (Å²) in [7, 11) is 0. The number of furan rings is 1. The lowest BCUT2D eigenvalue weighted by Crippen LogP contribution is -2.32. The minimum Gasteiger partial charge on any atom is -0.457 e. The van der Waals surface area contributed by atoms with Crippen molar-refractivity contribution in [1.29, 1.82) is 0 Å². The monoisotopic (exact) mass is 541 g/mol. The standard InChI is InChI=1S/C25H17Cl2N3O3S2/c26-19-7-2-6-18(23(19)27)20-11-9-17(33-20)10-12-22(31)30-25(34)29-16-5-1-4-15(14-16)28-24(32)21-8-3-13-35-21/h1-14H,(H,28,32)(H2,29,30,31,34). The third-order valence-corrected chi connectivity index (χ3v) is 6.49. The van der Waals surface area contributed by atoms with Gasteiger partial charge in [-0.15, -0.1) is 11.3 Å². The lowest BCUT2D eigenvalue weighted by molar-refractivity contribution is -0.115. The first-order valence-corrected chi connectivity index (χ1v) is 12.2. The van der Waals surface area contributed by atoms with Crippen molar-refractivity contribution in [2.24, 2.45) is 0 Å². The predicted octanol–water partition coefficient (Wildman–Crippen LogP) is 7.09. The van der Waals surface area contributed by atoms with Gasteiger partial charge in [0.2, 0.25) is 5.91 Å². The van der Waals surface area contributed by atoms with Crippen LogP contribution in [0.4, 0.5) is 11.4 Å². The van der Waals surface area contributed by atoms with E-state index in [0.717, 1.165) is 0 Å². The molecule has 2 heterocycles. The van der Waals surface area contributed by atoms with Crippen molar-refractivity contribution >= 4 is 81.1 Å². The highest BCUT2D eigenvalue weighted by Crippen LogP contribution is 2.34. The average Bonchev–Trinajstić information content (AvgIpc) is 3.52. The molecule has 0 spiro atoms. The van der Waals surface area contributed by atoms with Crippen molar-refractivity contribution in [3.05, 3.63) is 98.9 Å². The first-order chi connectivity index (χ1) is 16.9. The van der Waals surface area contributed by atoms with E-state index in [-0.39, 0.29) is 11.0 Å². The van der Waals surface area contributed by atoms with Crippen LogP contribution >= 0.6 is 46.8 Å². The second-order valence-electron chi connectivity index (χ2n) is 7.09. The number of carbonyl (C=O) groups is 2. The molecule has 2 amide bonds. The SMILES string of the molecule is O=C(C=Cc1ccc(-c2cccc(Cl)c2Cl)o1)NC(=S)Nc1cccc(NC(=O)c2cccs2)c1. The summed E-state index contributed by atoms with van der Waals surface area (Å²) in [6.45, 7) is 0. The quantitative estimate of drug-likeness (QED) is 0.179. The molecule has 0 saturated carbocycles. The zero-order chi connectivity index (χ0) is 24.8. The number of halogens is 2. The molecule has 2 aromatic carbocycles. The molecule has 0 atom stereocenters. The first-order valence-electron chi connectivity index (χ1n) is 10.2. The number of nitrogens with one attached hydrogen (secondary N) is 3. The second kappa shape index (κ2) is 11.3. The topological polar surface area (TPSA) is 83.4 Å². The van der Waals surface area contributed by atoms with Crippen LogP contribution in [0.2, 0.25) is 10.0 Å². The lowest BCUT2D eigenvalue weighted by atomic mass is 10.2. The normalized spacial score (nSPS) is 10.8. The van der Waals surface area contributed by atoms with Crippen LogP contribution in [0, 0.1) is 0 Å². The van der Waals surface area contributed by atoms with Crippen LogP contribution in [0.5, 0.6) is 0 Å². The molecule has 4 aromatic rings. The molecule has 2 aromatic heterocycles. The van der Waals surface area contributed by atoms with E-state index in [1.807, 2.05) is 11.4 Å². The minimum atomic E-state index is -0.441. The van der Waals surface area contributed by atoms with Crippen LogP contribution < -0.4 is 16.0 Å². The Bertz CT molecular complexity index is 1420. The molecule has 35 heavy (non-hydrogen) atoms. The maximum absolute atomic E-state index is 12.3. The Morgan fingerprint density at radius 3 is 2.49 bits per heavy atom. The average molecular weight is 542 g/mol. The van der Waals surface area contributed by atoms with Gasteiger partial charge in [-0.25, -0.2) is 0 Å². The molecule has 0 aliphatic heterocycles. The number of anilines is 2. The Labute approximate surface area is 220 Å². The van der Waals surface area contributed by atoms with E-state index in [1.54, 1.807) is 60.7 Å². The molecule has 0 aliphatic carbocycles. The number of carbonyl (C=O) groups excluding carboxylic acids is 2. The maximum atomic E-state index is 12.3. The Kier molecular flexibility index (Phi) is 7.99. The Balaban J connectivity index is 1.32. The van der Waals surface area contributed by atoms with Crippen LogP contribution in [0.1, 0.15) is 15.4 Å². The van der Waals surface area contributed by atoms with Crippen LogP contribution in [0.25, 0.3) is 17.4 Å². The molecule has 0 bridgehead atoms. The Morgan fingerprint density at radius 2 is 1.71 bits per heavy atom. The molecule has 0 saturated heterocycles. The number of hydrogen-bond donors (Lipinski definition) is 3. The molecule has 0 fully saturated rings. The molecule has 3 N–H and O–H groups in total. The summed E-state index contributed by atoms with van der Waals surface area (Å²) >= 11 is 18.9. The summed E-state index contributed by atoms with van der Waals surface area (Å²) < 4.78 is 5.74. The van der Waals surface area contributed by atoms with E-state index < -0.39 is 5.91 Å². The number of rotatable bonds is 6. The number of thiophene rings is 1. The van der Waals surface area contributed by atoms with E-state index in [4.69, 9.17) is 39.8 Å². The van der Waals surface area contributed by atoms with Crippen LogP contribution in [0.15, 0.2) is 82.6 Å². The number of amides is 2. The van der Waals surface area contributed by atoms with Gasteiger partial charge in [-0.05, 0) is 72.2 Å². The molecule has 6 nitrogen and oxygen atoms in total. The summed E-state index contributed by atoms with van der Waals surface area (Å²) in [6.07, 6.45) is 2.81. The van der Waals surface area contributed by atoms with Gasteiger partial charge in [-0.2, -0.15) is 0 Å². The number of hydrogen-bond acceptors (Lipinski definition) is 5. The molecule has 0 radical (unpaired) electrons. The van der Waals surface area contributed by atoms with Crippen molar-refractivity contribution in [2.45, 2.75) is 0 Å². The highest BCUT2D eigenvalue weighted by atomic mass is 35.5. The van der Waals surface area contributed by atoms with Crippen LogP contribution in [-0.4, -0.2) is 16.9 Å². The van der Waals surface area contributed by atoms with E-state index in [2.05, 4.69) is 16.0 Å². The van der Waals surface area contributed by atoms with Gasteiger partial charge >= 0.3 is 0 Å². The van der Waals surface area contributed by atoms with Crippen molar-refractivity contribution < 1.29 is 14.0 Å². The zero-order valence-electron chi connectivity index (χ0n) is 17.9. The summed E-state index contributed by atoms with van der Waals surface area (Å²) in [5, 5.41) is 11.1. The van der Waals surface area contributed by atoms with Crippen molar-refractivity contribution in [3.63, 3.8) is 0 Å². The van der Waals surface area contributed by atoms with Crippen molar-refractivity contribution in [3.8, 4) is 11.3 Å². The largest absolute Gasteiger partial charge is 0.457 e. The first kappa shape index (κ1) is 24.7. The van der Waals surface area contributed by atoms with E-state index in [1.165, 1.54) is 23.5 Å². The number of thiocarbonyl (C=S) groups is 1. The van der Waals surface area contributed by atoms with Crippen molar-refractivity contribution in [1.82, 2.24) is 5.32 Å². The van der Waals surface area contributed by atoms with Gasteiger partial charge in [0.15, 0.2) is 5.11 Å². The molecule has 0 unspecified atom stereocenters. The zero-order valence-corrected chi connectivity index (χ0v) is 21.0. The third kappa shape index (κ3) is 6.58. The lowest BCUT2D eigenvalue weighted by Gasteiger charge is -2.10. The Hall–Kier alpha value is -3.43. The fraction of sp³-hybridized carbons (Fsp3) is 0. The third-order valence-electron chi connectivity index (χ3n) is 4.60. The van der Waals surface area contributed by atoms with Crippen LogP contribution in [-0.2, 0) is 4.79 Å². The van der Waals surface area contributed by atoms with E-state index in [0.29, 0.717) is 43.4 Å². The van der Waals surface area contributed by atoms with E-state index in [9.17, 15) is 9.59 Å². The molecule has 4 rings (SSSR count). The van der Waals surface area contributed by atoms with Gasteiger partial charge in [0, 0.05) is 23.0 Å². The van der Waals surface area contributed by atoms with Crippen LogP contribution in [0.3, 0.4) is 0 Å². The molecular formula is C25H17Cl2N3O3S2. The Morgan fingerprint density at radius 1 is 0.943 bits per heavy atom. The summed E-state index contributed by atoms with van der Waals surface area (Å²) in [6, 6.07) is 19.3. The van der Waals surface area contributed by atoms with Gasteiger partial charge in [-0.1, -0.05) is 41.4 Å². The molecular weight excluding hydrogens is 525 g/mol. The molecule has 176 valence electrons. The maximum Gasteiger partial charge on any atom is 0.265 e. The highest BCUT2D eigenvalue weighted by molar-refractivity contribution is 7.80. The summed E-state index contributed by atoms with van der Waals surface area (Å²) in [4.78, 5) is 25.1. The highest BCUT2D eigenvalue weighted by Gasteiger charge is 2.11. The second-order valence-corrected chi connectivity index (χ2v) is 9.23. The van der Waals surface area contributed by atoms with Gasteiger partial charge in [-0.3, -0.25) is 14.9 Å². The predicted molar refractivity (Wildman–Crippen MR) is 146 cm³/mol. The van der Waals surface area contributed by atoms with Gasteiger partial charge < -0.3 is 15.1 Å². The number of benzene rings is 2. The summed E-state index contributed by atoms with van der Waals surface area (Å²) in [5.41, 5.74) is 1.86. The molecule has 10 heteroatoms. The van der Waals surface area contributed by atoms with E-state index >= 15 is 0 Å². The van der Waals surface area contributed by atoms with Gasteiger partial charge in [0.1, 0.15) is 11.5 Å². The smallest absolute Gasteiger partial charge is 0.265 e. The summed E-state index contributed by atoms with van der Waals surface area (Å²) in [5.74, 6) is 0.348. The van der Waals surface area contributed by atoms with Gasteiger partial charge in [0.25, 0.3) is 5.91 Å². The fourth-order valence-electron chi connectivity index (χ4n) is 3.03. The van der Waals surface area contributed by atoms with Gasteiger partial charge in [0.05, 0.1) is 14.9 Å². The minimum absolute atomic E-state index is 0.104. The fourth-order valence-corrected chi connectivity index (χ4v) is 4.26. The molecule has 0 aliphatic rings.